The van der Waals surface area contributed by atoms with Crippen LogP contribution in [0.25, 0.3) is 0 Å². The van der Waals surface area contributed by atoms with Gasteiger partial charge in [0, 0.05) is 5.02 Å². The van der Waals surface area contributed by atoms with Gasteiger partial charge in [0.2, 0.25) is 0 Å². The molecule has 1 N–H and O–H groups in total. The molecule has 0 spiro atoms. The van der Waals surface area contributed by atoms with Gasteiger partial charge in [0.15, 0.2) is 0 Å². The Morgan fingerprint density at radius 1 is 0.950 bits per heavy atom. The zero-order chi connectivity index (χ0) is 14.9. The second kappa shape index (κ2) is 5.94. The van der Waals surface area contributed by atoms with Crippen LogP contribution in [0, 0.1) is 26.6 Å². The van der Waals surface area contributed by atoms with Crippen molar-refractivity contribution in [1.29, 1.82) is 0 Å². The summed E-state index contributed by atoms with van der Waals surface area (Å²) in [6.07, 6.45) is 0. The highest BCUT2D eigenvalue weighted by molar-refractivity contribution is 6.31. The average Bonchev–Trinajstić information content (AvgIpc) is 2.38. The van der Waals surface area contributed by atoms with E-state index in [1.807, 2.05) is 40.0 Å². The topological polar surface area (TPSA) is 12.0 Å². The highest BCUT2D eigenvalue weighted by Crippen LogP contribution is 2.30. The largest absolute Gasteiger partial charge is 0.309 e. The van der Waals surface area contributed by atoms with E-state index in [1.54, 1.807) is 6.07 Å². The maximum atomic E-state index is 13.3. The van der Waals surface area contributed by atoms with Crippen molar-refractivity contribution in [1.82, 2.24) is 5.32 Å². The Morgan fingerprint density at radius 3 is 2.20 bits per heavy atom. The third kappa shape index (κ3) is 2.87. The van der Waals surface area contributed by atoms with Gasteiger partial charge < -0.3 is 5.32 Å². The first-order valence-electron chi connectivity index (χ1n) is 6.64. The van der Waals surface area contributed by atoms with Crippen LogP contribution in [0.3, 0.4) is 0 Å². The van der Waals surface area contributed by atoms with Gasteiger partial charge in [0.25, 0.3) is 0 Å². The number of rotatable bonds is 3. The van der Waals surface area contributed by atoms with E-state index < -0.39 is 0 Å². The lowest BCUT2D eigenvalue weighted by molar-refractivity contribution is 0.620. The van der Waals surface area contributed by atoms with Crippen LogP contribution in [0.1, 0.15) is 33.9 Å². The maximum absolute atomic E-state index is 13.3. The van der Waals surface area contributed by atoms with Crippen LogP contribution < -0.4 is 5.32 Å². The summed E-state index contributed by atoms with van der Waals surface area (Å²) in [5, 5.41) is 4.09. The molecule has 20 heavy (non-hydrogen) atoms. The second-order valence-electron chi connectivity index (χ2n) is 5.18. The molecule has 1 nitrogen and oxygen atoms in total. The number of benzene rings is 2. The van der Waals surface area contributed by atoms with Crippen LogP contribution in [-0.2, 0) is 0 Å². The molecule has 0 heterocycles. The molecule has 1 unspecified atom stereocenters. The first kappa shape index (κ1) is 15.0. The summed E-state index contributed by atoms with van der Waals surface area (Å²) in [5.41, 5.74) is 5.37. The van der Waals surface area contributed by atoms with Crippen LogP contribution >= 0.6 is 11.6 Å². The van der Waals surface area contributed by atoms with Gasteiger partial charge in [-0.3, -0.25) is 0 Å². The average molecular weight is 292 g/mol. The molecule has 3 heteroatoms. The van der Waals surface area contributed by atoms with Crippen LogP contribution in [0.15, 0.2) is 30.3 Å². The molecule has 0 aromatic heterocycles. The minimum Gasteiger partial charge on any atom is -0.309 e. The van der Waals surface area contributed by atoms with Crippen molar-refractivity contribution in [3.05, 3.63) is 69.0 Å². The molecule has 2 rings (SSSR count). The van der Waals surface area contributed by atoms with Gasteiger partial charge in [-0.2, -0.15) is 0 Å². The van der Waals surface area contributed by atoms with Crippen LogP contribution in [0.2, 0.25) is 5.02 Å². The van der Waals surface area contributed by atoms with E-state index in [-0.39, 0.29) is 11.9 Å². The Hall–Kier alpha value is -1.38. The van der Waals surface area contributed by atoms with Crippen LogP contribution in [-0.4, -0.2) is 7.05 Å². The molecule has 0 radical (unpaired) electrons. The third-order valence-electron chi connectivity index (χ3n) is 3.69. The van der Waals surface area contributed by atoms with Crippen molar-refractivity contribution in [2.24, 2.45) is 0 Å². The first-order chi connectivity index (χ1) is 9.43. The number of nitrogens with one attached hydrogen (secondary N) is 1. The van der Waals surface area contributed by atoms with Crippen molar-refractivity contribution in [2.75, 3.05) is 7.05 Å². The van der Waals surface area contributed by atoms with E-state index in [2.05, 4.69) is 11.4 Å². The number of hydrogen-bond donors (Lipinski definition) is 1. The van der Waals surface area contributed by atoms with E-state index >= 15 is 0 Å². The van der Waals surface area contributed by atoms with E-state index in [1.165, 1.54) is 11.6 Å². The standard InChI is InChI=1S/C17H19ClFN/c1-10-7-13(19)5-6-14(10)17(20-4)15-8-12(3)16(18)9-11(15)2/h5-9,17,20H,1-4H3. The van der Waals surface area contributed by atoms with Gasteiger partial charge in [-0.25, -0.2) is 4.39 Å². The smallest absolute Gasteiger partial charge is 0.123 e. The summed E-state index contributed by atoms with van der Waals surface area (Å²) in [6.45, 7) is 5.97. The zero-order valence-electron chi connectivity index (χ0n) is 12.2. The molecule has 0 fully saturated rings. The van der Waals surface area contributed by atoms with Crippen molar-refractivity contribution >= 4 is 11.6 Å². The SMILES string of the molecule is CNC(c1ccc(F)cc1C)c1cc(C)c(Cl)cc1C. The lowest BCUT2D eigenvalue weighted by Crippen LogP contribution is -2.20. The predicted octanol–water partition coefficient (Wildman–Crippen LogP) is 4.71. The van der Waals surface area contributed by atoms with E-state index in [0.717, 1.165) is 27.3 Å². The van der Waals surface area contributed by atoms with Gasteiger partial charge in [0.1, 0.15) is 5.82 Å². The number of halogens is 2. The van der Waals surface area contributed by atoms with E-state index in [9.17, 15) is 4.39 Å². The fourth-order valence-corrected chi connectivity index (χ4v) is 2.77. The maximum Gasteiger partial charge on any atom is 0.123 e. The molecule has 2 aromatic rings. The summed E-state index contributed by atoms with van der Waals surface area (Å²) in [7, 11) is 1.91. The normalized spacial score (nSPS) is 12.5. The lowest BCUT2D eigenvalue weighted by Gasteiger charge is -2.22. The van der Waals surface area contributed by atoms with Crippen molar-refractivity contribution in [2.45, 2.75) is 26.8 Å². The minimum atomic E-state index is -0.204. The van der Waals surface area contributed by atoms with E-state index in [0.29, 0.717) is 0 Å². The Balaban J connectivity index is 2.55. The molecular weight excluding hydrogens is 273 g/mol. The van der Waals surface area contributed by atoms with Gasteiger partial charge in [-0.05, 0) is 73.8 Å². The molecule has 0 aliphatic heterocycles. The molecular formula is C17H19ClFN. The van der Waals surface area contributed by atoms with Gasteiger partial charge in [0.05, 0.1) is 6.04 Å². The monoisotopic (exact) mass is 291 g/mol. The Labute approximate surface area is 124 Å². The zero-order valence-corrected chi connectivity index (χ0v) is 13.0. The third-order valence-corrected chi connectivity index (χ3v) is 4.10. The molecule has 0 bridgehead atoms. The Bertz CT molecular complexity index is 637. The highest BCUT2D eigenvalue weighted by Gasteiger charge is 2.17. The van der Waals surface area contributed by atoms with Crippen molar-refractivity contribution in [3.8, 4) is 0 Å². The summed E-state index contributed by atoms with van der Waals surface area (Å²) in [4.78, 5) is 0. The molecule has 2 aromatic carbocycles. The summed E-state index contributed by atoms with van der Waals surface area (Å²) >= 11 is 6.16. The summed E-state index contributed by atoms with van der Waals surface area (Å²) < 4.78 is 13.3. The molecule has 106 valence electrons. The molecule has 0 saturated heterocycles. The summed E-state index contributed by atoms with van der Waals surface area (Å²) in [5.74, 6) is -0.204. The minimum absolute atomic E-state index is 0.0339. The second-order valence-corrected chi connectivity index (χ2v) is 5.59. The van der Waals surface area contributed by atoms with Gasteiger partial charge in [-0.15, -0.1) is 0 Å². The Morgan fingerprint density at radius 2 is 1.60 bits per heavy atom. The van der Waals surface area contributed by atoms with Gasteiger partial charge in [-0.1, -0.05) is 23.7 Å². The fourth-order valence-electron chi connectivity index (χ4n) is 2.56. The summed E-state index contributed by atoms with van der Waals surface area (Å²) in [6, 6.07) is 9.03. The highest BCUT2D eigenvalue weighted by atomic mass is 35.5. The fraction of sp³-hybridized carbons (Fsp3) is 0.294. The number of aryl methyl sites for hydroxylation is 3. The molecule has 0 saturated carbocycles. The lowest BCUT2D eigenvalue weighted by atomic mass is 9.91. The molecule has 0 aliphatic rings. The number of hydrogen-bond acceptors (Lipinski definition) is 1. The molecule has 0 aliphatic carbocycles. The Kier molecular flexibility index (Phi) is 4.46. The quantitative estimate of drug-likeness (QED) is 0.863. The van der Waals surface area contributed by atoms with Crippen LogP contribution in [0.5, 0.6) is 0 Å². The van der Waals surface area contributed by atoms with Crippen LogP contribution in [0.4, 0.5) is 4.39 Å². The van der Waals surface area contributed by atoms with E-state index in [4.69, 9.17) is 11.6 Å². The van der Waals surface area contributed by atoms with Gasteiger partial charge >= 0.3 is 0 Å². The van der Waals surface area contributed by atoms with Crippen molar-refractivity contribution in [3.63, 3.8) is 0 Å². The van der Waals surface area contributed by atoms with Crippen molar-refractivity contribution < 1.29 is 4.39 Å². The first-order valence-corrected chi connectivity index (χ1v) is 7.01. The predicted molar refractivity (Wildman–Crippen MR) is 83.0 cm³/mol. The molecule has 0 amide bonds. The molecule has 1 atom stereocenters.